The lowest BCUT2D eigenvalue weighted by molar-refractivity contribution is 0.100. The van der Waals surface area contributed by atoms with Gasteiger partial charge in [0.25, 0.3) is 5.91 Å². The number of primary amides is 1. The van der Waals surface area contributed by atoms with Gasteiger partial charge in [0.2, 0.25) is 0 Å². The first-order valence-electron chi connectivity index (χ1n) is 5.72. The molecule has 1 amide bonds. The SMILES string of the molecule is CC(O)CNCCNc1ccc(Br)cc1C(N)=O. The zero-order valence-electron chi connectivity index (χ0n) is 10.2. The standard InChI is InChI=1S/C12H18BrN3O2/c1-8(17)7-15-4-5-16-11-3-2-9(13)6-10(11)12(14)18/h2-3,6,8,15-17H,4-5,7H2,1H3,(H2,14,18). The molecule has 0 aromatic heterocycles. The van der Waals surface area contributed by atoms with Gasteiger partial charge in [0.05, 0.1) is 11.7 Å². The van der Waals surface area contributed by atoms with Gasteiger partial charge in [-0.3, -0.25) is 4.79 Å². The molecule has 1 aromatic carbocycles. The molecule has 0 heterocycles. The molecule has 0 bridgehead atoms. The summed E-state index contributed by atoms with van der Waals surface area (Å²) in [6, 6.07) is 5.34. The number of rotatable bonds is 7. The third-order valence-corrected chi connectivity index (χ3v) is 2.80. The van der Waals surface area contributed by atoms with E-state index in [-0.39, 0.29) is 6.10 Å². The van der Waals surface area contributed by atoms with E-state index in [1.165, 1.54) is 0 Å². The van der Waals surface area contributed by atoms with Crippen LogP contribution in [0.5, 0.6) is 0 Å². The monoisotopic (exact) mass is 315 g/mol. The van der Waals surface area contributed by atoms with Gasteiger partial charge in [0.15, 0.2) is 0 Å². The summed E-state index contributed by atoms with van der Waals surface area (Å²) in [6.07, 6.45) is -0.362. The Hall–Kier alpha value is -1.11. The Kier molecular flexibility index (Phi) is 6.11. The van der Waals surface area contributed by atoms with Gasteiger partial charge in [-0.2, -0.15) is 0 Å². The van der Waals surface area contributed by atoms with Gasteiger partial charge in [-0.1, -0.05) is 15.9 Å². The molecule has 0 aliphatic carbocycles. The van der Waals surface area contributed by atoms with Crippen molar-refractivity contribution in [3.8, 4) is 0 Å². The number of nitrogens with one attached hydrogen (secondary N) is 2. The molecule has 1 atom stereocenters. The van der Waals surface area contributed by atoms with E-state index in [0.29, 0.717) is 30.9 Å². The first-order valence-corrected chi connectivity index (χ1v) is 6.52. The first-order chi connectivity index (χ1) is 8.50. The molecule has 1 rings (SSSR count). The summed E-state index contributed by atoms with van der Waals surface area (Å²) < 4.78 is 0.814. The van der Waals surface area contributed by atoms with E-state index in [1.54, 1.807) is 19.1 Å². The molecular formula is C12H18BrN3O2. The van der Waals surface area contributed by atoms with Crippen LogP contribution in [-0.4, -0.2) is 36.8 Å². The number of amides is 1. The summed E-state index contributed by atoms with van der Waals surface area (Å²) in [5.41, 5.74) is 6.48. The molecule has 0 aliphatic heterocycles. The zero-order valence-corrected chi connectivity index (χ0v) is 11.8. The van der Waals surface area contributed by atoms with Crippen molar-refractivity contribution in [1.29, 1.82) is 0 Å². The summed E-state index contributed by atoms with van der Waals surface area (Å²) in [5.74, 6) is -0.462. The summed E-state index contributed by atoms with van der Waals surface area (Å²) in [5, 5.41) is 15.3. The van der Waals surface area contributed by atoms with Gasteiger partial charge in [-0.15, -0.1) is 0 Å². The Morgan fingerprint density at radius 3 is 2.83 bits per heavy atom. The highest BCUT2D eigenvalue weighted by Crippen LogP contribution is 2.20. The van der Waals surface area contributed by atoms with Gasteiger partial charge in [-0.05, 0) is 25.1 Å². The summed E-state index contributed by atoms with van der Waals surface area (Å²) in [6.45, 7) is 3.61. The largest absolute Gasteiger partial charge is 0.392 e. The van der Waals surface area contributed by atoms with Crippen LogP contribution in [0.1, 0.15) is 17.3 Å². The number of hydrogen-bond acceptors (Lipinski definition) is 4. The highest BCUT2D eigenvalue weighted by molar-refractivity contribution is 9.10. The average Bonchev–Trinajstić information content (AvgIpc) is 2.29. The molecule has 5 nitrogen and oxygen atoms in total. The van der Waals surface area contributed by atoms with E-state index in [0.717, 1.165) is 4.47 Å². The zero-order chi connectivity index (χ0) is 13.5. The van der Waals surface area contributed by atoms with Crippen LogP contribution in [0.15, 0.2) is 22.7 Å². The van der Waals surface area contributed by atoms with Gasteiger partial charge < -0.3 is 21.5 Å². The van der Waals surface area contributed by atoms with Crippen molar-refractivity contribution in [2.45, 2.75) is 13.0 Å². The molecule has 1 unspecified atom stereocenters. The topological polar surface area (TPSA) is 87.4 Å². The Bertz CT molecular complexity index is 410. The number of aliphatic hydroxyl groups excluding tert-OH is 1. The van der Waals surface area contributed by atoms with Crippen molar-refractivity contribution in [2.24, 2.45) is 5.73 Å². The van der Waals surface area contributed by atoms with Crippen LogP contribution in [0.25, 0.3) is 0 Å². The minimum Gasteiger partial charge on any atom is -0.392 e. The molecule has 0 fully saturated rings. The number of nitrogens with two attached hydrogens (primary N) is 1. The highest BCUT2D eigenvalue weighted by Gasteiger charge is 2.08. The summed E-state index contributed by atoms with van der Waals surface area (Å²) >= 11 is 3.30. The lowest BCUT2D eigenvalue weighted by Crippen LogP contribution is -2.29. The second-order valence-corrected chi connectivity index (χ2v) is 4.95. The molecule has 1 aromatic rings. The Morgan fingerprint density at radius 1 is 1.50 bits per heavy atom. The van der Waals surface area contributed by atoms with Crippen molar-refractivity contribution in [1.82, 2.24) is 5.32 Å². The molecule has 18 heavy (non-hydrogen) atoms. The van der Waals surface area contributed by atoms with Crippen LogP contribution in [-0.2, 0) is 0 Å². The number of anilines is 1. The first kappa shape index (κ1) is 14.9. The minimum atomic E-state index is -0.462. The number of carbonyl (C=O) groups is 1. The van der Waals surface area contributed by atoms with Crippen molar-refractivity contribution >= 4 is 27.5 Å². The normalized spacial score (nSPS) is 12.2. The van der Waals surface area contributed by atoms with Gasteiger partial charge in [-0.25, -0.2) is 0 Å². The van der Waals surface area contributed by atoms with E-state index >= 15 is 0 Å². The summed E-state index contributed by atoms with van der Waals surface area (Å²) in [4.78, 5) is 11.3. The fraction of sp³-hybridized carbons (Fsp3) is 0.417. The second kappa shape index (κ2) is 7.35. The van der Waals surface area contributed by atoms with E-state index in [1.807, 2.05) is 6.07 Å². The van der Waals surface area contributed by atoms with Gasteiger partial charge in [0.1, 0.15) is 0 Å². The number of benzene rings is 1. The van der Waals surface area contributed by atoms with Crippen LogP contribution in [0.4, 0.5) is 5.69 Å². The molecular weight excluding hydrogens is 298 g/mol. The van der Waals surface area contributed by atoms with Crippen LogP contribution in [0.2, 0.25) is 0 Å². The fourth-order valence-corrected chi connectivity index (χ4v) is 1.83. The number of carbonyl (C=O) groups excluding carboxylic acids is 1. The predicted molar refractivity (Wildman–Crippen MR) is 75.7 cm³/mol. The molecule has 0 radical (unpaired) electrons. The van der Waals surface area contributed by atoms with Crippen LogP contribution >= 0.6 is 15.9 Å². The molecule has 0 saturated carbocycles. The van der Waals surface area contributed by atoms with Gasteiger partial charge >= 0.3 is 0 Å². The molecule has 0 saturated heterocycles. The molecule has 100 valence electrons. The Labute approximate surface area is 115 Å². The number of hydrogen-bond donors (Lipinski definition) is 4. The van der Waals surface area contributed by atoms with E-state index in [4.69, 9.17) is 10.8 Å². The smallest absolute Gasteiger partial charge is 0.250 e. The maximum Gasteiger partial charge on any atom is 0.250 e. The summed E-state index contributed by atoms with van der Waals surface area (Å²) in [7, 11) is 0. The molecule has 6 heteroatoms. The predicted octanol–water partition coefficient (Wildman–Crippen LogP) is 0.930. The van der Waals surface area contributed by atoms with E-state index in [9.17, 15) is 4.79 Å². The lowest BCUT2D eigenvalue weighted by atomic mass is 10.1. The van der Waals surface area contributed by atoms with E-state index < -0.39 is 5.91 Å². The molecule has 5 N–H and O–H groups in total. The minimum absolute atomic E-state index is 0.362. The highest BCUT2D eigenvalue weighted by atomic mass is 79.9. The van der Waals surface area contributed by atoms with Crippen molar-refractivity contribution in [3.05, 3.63) is 28.2 Å². The van der Waals surface area contributed by atoms with E-state index in [2.05, 4.69) is 26.6 Å². The number of aliphatic hydroxyl groups is 1. The van der Waals surface area contributed by atoms with Crippen molar-refractivity contribution < 1.29 is 9.90 Å². The third-order valence-electron chi connectivity index (χ3n) is 2.30. The fourth-order valence-electron chi connectivity index (χ4n) is 1.47. The van der Waals surface area contributed by atoms with Crippen LogP contribution in [0, 0.1) is 0 Å². The van der Waals surface area contributed by atoms with Crippen LogP contribution < -0.4 is 16.4 Å². The van der Waals surface area contributed by atoms with Crippen molar-refractivity contribution in [2.75, 3.05) is 25.0 Å². The third kappa shape index (κ3) is 5.03. The quantitative estimate of drug-likeness (QED) is 0.564. The molecule has 0 spiro atoms. The molecule has 0 aliphatic rings. The maximum atomic E-state index is 11.3. The Balaban J connectivity index is 2.49. The second-order valence-electron chi connectivity index (χ2n) is 4.03. The Morgan fingerprint density at radius 2 is 2.22 bits per heavy atom. The van der Waals surface area contributed by atoms with Crippen molar-refractivity contribution in [3.63, 3.8) is 0 Å². The number of halogens is 1. The lowest BCUT2D eigenvalue weighted by Gasteiger charge is -2.11. The maximum absolute atomic E-state index is 11.3. The van der Waals surface area contributed by atoms with Crippen LogP contribution in [0.3, 0.4) is 0 Å². The van der Waals surface area contributed by atoms with Gasteiger partial charge in [0, 0.05) is 29.8 Å². The average molecular weight is 316 g/mol.